The summed E-state index contributed by atoms with van der Waals surface area (Å²) in [5, 5.41) is 0. The molecular formula is H3Cl2F4N3P3+3. The Balaban J connectivity index is 2.81. The molecule has 12 heavy (non-hydrogen) atoms. The van der Waals surface area contributed by atoms with Gasteiger partial charge in [0.05, 0.1) is 14.6 Å². The summed E-state index contributed by atoms with van der Waals surface area (Å²) in [6.07, 6.45) is 0. The summed E-state index contributed by atoms with van der Waals surface area (Å²) in [5.74, 6) is 0. The van der Waals surface area contributed by atoms with Gasteiger partial charge < -0.3 is 0 Å². The lowest BCUT2D eigenvalue weighted by Crippen LogP contribution is -2.32. The molecular weight excluding hydrogens is 282 g/mol. The molecule has 1 saturated heterocycles. The van der Waals surface area contributed by atoms with E-state index in [0.717, 1.165) is 9.72 Å². The minimum Gasteiger partial charge on any atom is 0.00682 e. The van der Waals surface area contributed by atoms with Crippen LogP contribution in [-0.2, 0) is 0 Å². The van der Waals surface area contributed by atoms with E-state index in [0.29, 0.717) is 0 Å². The van der Waals surface area contributed by atoms with Gasteiger partial charge in [-0.3, -0.25) is 0 Å². The van der Waals surface area contributed by atoms with Crippen molar-refractivity contribution in [2.45, 2.75) is 0 Å². The van der Waals surface area contributed by atoms with Gasteiger partial charge in [0.25, 0.3) is 0 Å². The van der Waals surface area contributed by atoms with Crippen LogP contribution in [0.4, 0.5) is 16.8 Å². The van der Waals surface area contributed by atoms with Crippen molar-refractivity contribution in [2.75, 3.05) is 0 Å². The molecule has 1 rings (SSSR count). The lowest BCUT2D eigenvalue weighted by Gasteiger charge is -2.15. The van der Waals surface area contributed by atoms with Crippen LogP contribution in [0.15, 0.2) is 0 Å². The van der Waals surface area contributed by atoms with Gasteiger partial charge in [0.1, 0.15) is 0 Å². The Labute approximate surface area is 77.0 Å². The second-order valence-electron chi connectivity index (χ2n) is 1.84. The van der Waals surface area contributed by atoms with Crippen molar-refractivity contribution >= 4 is 45.1 Å². The minimum atomic E-state index is -5.06. The van der Waals surface area contributed by atoms with Gasteiger partial charge in [-0.15, -0.1) is 0 Å². The molecule has 0 aromatic heterocycles. The van der Waals surface area contributed by atoms with Crippen LogP contribution in [0.25, 0.3) is 0 Å². The molecule has 0 aromatic rings. The lowest BCUT2D eigenvalue weighted by molar-refractivity contribution is 0.663. The van der Waals surface area contributed by atoms with E-state index in [1.54, 1.807) is 0 Å². The maximum atomic E-state index is 12.7. The molecule has 2 unspecified atom stereocenters. The Bertz CT molecular complexity index is 151. The zero-order chi connectivity index (χ0) is 9.62. The lowest BCUT2D eigenvalue weighted by atomic mass is 13.8. The Hall–Kier alpha value is 1.47. The summed E-state index contributed by atoms with van der Waals surface area (Å²) < 4.78 is 50.4. The van der Waals surface area contributed by atoms with Crippen molar-refractivity contribution < 1.29 is 16.8 Å². The summed E-state index contributed by atoms with van der Waals surface area (Å²) in [7, 11) is -13.7. The number of rotatable bonds is 0. The molecule has 3 nitrogen and oxygen atoms in total. The highest BCUT2D eigenvalue weighted by Crippen LogP contribution is 2.85. The van der Waals surface area contributed by atoms with Gasteiger partial charge in [0.15, 0.2) is 22.5 Å². The quantitative estimate of drug-likeness (QED) is 0.462. The van der Waals surface area contributed by atoms with Gasteiger partial charge in [-0.2, -0.15) is 0 Å². The van der Waals surface area contributed by atoms with Crippen LogP contribution in [-0.4, -0.2) is 0 Å². The van der Waals surface area contributed by atoms with E-state index in [9.17, 15) is 16.8 Å². The summed E-state index contributed by atoms with van der Waals surface area (Å²) in [4.78, 5) is 3.75. The molecule has 0 amide bonds. The normalized spacial score (nSPS) is 47.5. The zero-order valence-electron chi connectivity index (χ0n) is 5.11. The molecule has 12 heteroatoms. The molecule has 72 valence electrons. The molecule has 0 bridgehead atoms. The van der Waals surface area contributed by atoms with Crippen molar-refractivity contribution in [3.8, 4) is 0 Å². The molecule has 0 saturated carbocycles. The molecule has 3 N–H and O–H groups in total. The highest BCUT2D eigenvalue weighted by Gasteiger charge is 2.78. The second kappa shape index (κ2) is 3.25. The smallest absolute Gasteiger partial charge is 0.00682 e. The molecule has 1 fully saturated rings. The molecule has 1 aliphatic heterocycles. The monoisotopic (exact) mass is 284 g/mol. The molecule has 0 aliphatic carbocycles. The minimum absolute atomic E-state index is 1.16. The fraction of sp³-hybridized carbons (Fsp3) is 0. The Morgan fingerprint density at radius 2 is 1.08 bits per heavy atom. The van der Waals surface area contributed by atoms with Crippen molar-refractivity contribution in [3.05, 3.63) is 0 Å². The standard InChI is InChI=1S/Cl2F4H3N3P3/c1-10(3)7-11(2,4)9-12(5,6)8-10/h7-9H/q+3. The van der Waals surface area contributed by atoms with Crippen molar-refractivity contribution in [2.24, 2.45) is 0 Å². The first kappa shape index (κ1) is 11.5. The summed E-state index contributed by atoms with van der Waals surface area (Å²) >= 11 is 9.75. The average molecular weight is 285 g/mol. The Kier molecular flexibility index (Phi) is 3.13. The highest BCUT2D eigenvalue weighted by atomic mass is 35.7. The van der Waals surface area contributed by atoms with E-state index in [4.69, 9.17) is 22.5 Å². The SMILES string of the molecule is F[P+]1(F)N[P+](F)(Cl)N[P+](F)(Cl)N1. The third-order valence-electron chi connectivity index (χ3n) is 0.754. The van der Waals surface area contributed by atoms with E-state index in [1.807, 2.05) is 0 Å². The third kappa shape index (κ3) is 3.32. The Morgan fingerprint density at radius 1 is 0.750 bits per heavy atom. The van der Waals surface area contributed by atoms with Crippen LogP contribution >= 0.6 is 45.1 Å². The van der Waals surface area contributed by atoms with Gasteiger partial charge in [-0.05, 0) is 0 Å². The van der Waals surface area contributed by atoms with Gasteiger partial charge in [0.2, 0.25) is 0 Å². The van der Waals surface area contributed by atoms with E-state index < -0.39 is 22.6 Å². The Morgan fingerprint density at radius 3 is 1.33 bits per heavy atom. The van der Waals surface area contributed by atoms with Crippen LogP contribution in [0.1, 0.15) is 0 Å². The first-order valence-corrected chi connectivity index (χ1v) is 9.10. The third-order valence-corrected chi connectivity index (χ3v) is 9.50. The first-order valence-electron chi connectivity index (χ1n) is 2.36. The zero-order valence-corrected chi connectivity index (χ0v) is 9.30. The van der Waals surface area contributed by atoms with Crippen molar-refractivity contribution in [3.63, 3.8) is 0 Å². The van der Waals surface area contributed by atoms with Crippen molar-refractivity contribution in [1.82, 2.24) is 14.6 Å². The van der Waals surface area contributed by atoms with Crippen LogP contribution in [0.5, 0.6) is 0 Å². The van der Waals surface area contributed by atoms with Crippen LogP contribution < -0.4 is 14.6 Å². The second-order valence-corrected chi connectivity index (χ2v) is 10.1. The summed E-state index contributed by atoms with van der Waals surface area (Å²) in [6, 6.07) is 0. The molecule has 0 radical (unpaired) electrons. The van der Waals surface area contributed by atoms with E-state index >= 15 is 0 Å². The molecule has 0 spiro atoms. The number of hydrogen-bond acceptors (Lipinski definition) is 3. The molecule has 1 aliphatic rings. The van der Waals surface area contributed by atoms with Crippen LogP contribution in [0.2, 0.25) is 0 Å². The van der Waals surface area contributed by atoms with Crippen LogP contribution in [0.3, 0.4) is 0 Å². The van der Waals surface area contributed by atoms with Gasteiger partial charge >= 0.3 is 22.6 Å². The van der Waals surface area contributed by atoms with Crippen LogP contribution in [0, 0.1) is 0 Å². The maximum Gasteiger partial charge on any atom is 0.609 e. The predicted octanol–water partition coefficient (Wildman–Crippen LogP) is 4.16. The van der Waals surface area contributed by atoms with E-state index in [2.05, 4.69) is 0 Å². The van der Waals surface area contributed by atoms with Gasteiger partial charge in [-0.1, -0.05) is 0 Å². The van der Waals surface area contributed by atoms with Crippen molar-refractivity contribution in [1.29, 1.82) is 0 Å². The van der Waals surface area contributed by atoms with E-state index in [1.165, 1.54) is 4.86 Å². The van der Waals surface area contributed by atoms with Gasteiger partial charge in [0, 0.05) is 16.8 Å². The predicted molar refractivity (Wildman–Crippen MR) is 46.3 cm³/mol. The fourth-order valence-electron chi connectivity index (χ4n) is 0.540. The molecule has 2 atom stereocenters. The number of halogens is 6. The van der Waals surface area contributed by atoms with Gasteiger partial charge in [-0.25, -0.2) is 0 Å². The summed E-state index contributed by atoms with van der Waals surface area (Å²) in [6.45, 7) is 0. The topological polar surface area (TPSA) is 36.1 Å². The molecule has 1 heterocycles. The largest absolute Gasteiger partial charge is 0.609 e. The first-order chi connectivity index (χ1) is 5.12. The molecule has 0 aromatic carbocycles. The average Bonchev–Trinajstić information content (AvgIpc) is 1.44. The summed E-state index contributed by atoms with van der Waals surface area (Å²) in [5.41, 5.74) is 0. The highest BCUT2D eigenvalue weighted by molar-refractivity contribution is 8.12. The van der Waals surface area contributed by atoms with E-state index in [-0.39, 0.29) is 0 Å². The fourth-order valence-corrected chi connectivity index (χ4v) is 10.0. The number of nitrogens with one attached hydrogen (secondary N) is 3. The maximum absolute atomic E-state index is 12.7. The number of hydrogen-bond donors (Lipinski definition) is 3.